The maximum Gasteiger partial charge on any atom is 0.361 e. The first kappa shape index (κ1) is 15.1. The number of alkyl halides is 2. The van der Waals surface area contributed by atoms with Crippen molar-refractivity contribution in [1.82, 2.24) is 10.2 Å². The van der Waals surface area contributed by atoms with E-state index < -0.39 is 18.9 Å². The Labute approximate surface area is 120 Å². The molecule has 0 amide bonds. The topological polar surface area (TPSA) is 55.3 Å². The van der Waals surface area contributed by atoms with Gasteiger partial charge in [0.05, 0.1) is 24.4 Å². The van der Waals surface area contributed by atoms with Crippen molar-refractivity contribution in [2.75, 3.05) is 25.1 Å². The quantitative estimate of drug-likeness (QED) is 0.793. The zero-order valence-corrected chi connectivity index (χ0v) is 11.7. The van der Waals surface area contributed by atoms with Gasteiger partial charge in [0.1, 0.15) is 0 Å². The number of hydrogen-bond donors (Lipinski definition) is 0. The van der Waals surface area contributed by atoms with E-state index in [1.165, 1.54) is 11.9 Å². The summed E-state index contributed by atoms with van der Waals surface area (Å²) < 4.78 is 30.2. The first-order valence-corrected chi connectivity index (χ1v) is 6.46. The Morgan fingerprint density at radius 2 is 2.05 bits per heavy atom. The second-order valence-electron chi connectivity index (χ2n) is 4.41. The van der Waals surface area contributed by atoms with Gasteiger partial charge in [-0.1, -0.05) is 18.2 Å². The molecule has 0 aliphatic carbocycles. The fourth-order valence-corrected chi connectivity index (χ4v) is 2.06. The fourth-order valence-electron chi connectivity index (χ4n) is 2.06. The molecule has 7 heteroatoms. The lowest BCUT2D eigenvalue weighted by molar-refractivity contribution is 0.0518. The van der Waals surface area contributed by atoms with Gasteiger partial charge in [0.15, 0.2) is 5.69 Å². The highest BCUT2D eigenvalue weighted by atomic mass is 19.3. The molecule has 0 spiro atoms. The molecule has 1 heterocycles. The van der Waals surface area contributed by atoms with Crippen LogP contribution < -0.4 is 4.90 Å². The second kappa shape index (κ2) is 6.43. The van der Waals surface area contributed by atoms with Crippen molar-refractivity contribution < 1.29 is 18.3 Å². The summed E-state index contributed by atoms with van der Waals surface area (Å²) in [5.41, 5.74) is 0.778. The van der Waals surface area contributed by atoms with Crippen LogP contribution in [0.25, 0.3) is 10.9 Å². The summed E-state index contributed by atoms with van der Waals surface area (Å²) in [6.45, 7) is 1.32. The van der Waals surface area contributed by atoms with E-state index in [0.29, 0.717) is 16.6 Å². The van der Waals surface area contributed by atoms with Gasteiger partial charge in [-0.05, 0) is 13.0 Å². The molecule has 0 saturated carbocycles. The maximum absolute atomic E-state index is 12.7. The van der Waals surface area contributed by atoms with Gasteiger partial charge in [-0.3, -0.25) is 0 Å². The van der Waals surface area contributed by atoms with Crippen molar-refractivity contribution >= 4 is 22.6 Å². The maximum atomic E-state index is 12.7. The van der Waals surface area contributed by atoms with E-state index in [4.69, 9.17) is 4.74 Å². The number of carbonyl (C=O) groups is 1. The highest BCUT2D eigenvalue weighted by Crippen LogP contribution is 2.28. The van der Waals surface area contributed by atoms with Crippen molar-refractivity contribution in [2.45, 2.75) is 13.3 Å². The molecule has 0 unspecified atom stereocenters. The second-order valence-corrected chi connectivity index (χ2v) is 4.41. The number of halogens is 2. The van der Waals surface area contributed by atoms with Gasteiger partial charge < -0.3 is 9.64 Å². The molecular weight excluding hydrogens is 280 g/mol. The summed E-state index contributed by atoms with van der Waals surface area (Å²) in [6, 6.07) is 6.93. The summed E-state index contributed by atoms with van der Waals surface area (Å²) >= 11 is 0. The zero-order chi connectivity index (χ0) is 15.4. The molecule has 0 saturated heterocycles. The van der Waals surface area contributed by atoms with Crippen molar-refractivity contribution in [2.24, 2.45) is 0 Å². The Balaban J connectivity index is 2.59. The monoisotopic (exact) mass is 295 g/mol. The van der Waals surface area contributed by atoms with Crippen LogP contribution >= 0.6 is 0 Å². The van der Waals surface area contributed by atoms with Crippen molar-refractivity contribution in [3.05, 3.63) is 30.0 Å². The number of nitrogens with zero attached hydrogens (tertiary/aromatic N) is 3. The van der Waals surface area contributed by atoms with Crippen molar-refractivity contribution in [3.63, 3.8) is 0 Å². The average Bonchev–Trinajstić information content (AvgIpc) is 2.45. The lowest BCUT2D eigenvalue weighted by Crippen LogP contribution is -2.27. The van der Waals surface area contributed by atoms with Gasteiger partial charge in [-0.2, -0.15) is 0 Å². The zero-order valence-electron chi connectivity index (χ0n) is 11.7. The smallest absolute Gasteiger partial charge is 0.361 e. The van der Waals surface area contributed by atoms with Crippen LogP contribution in [-0.4, -0.2) is 42.8 Å². The van der Waals surface area contributed by atoms with Gasteiger partial charge in [0, 0.05) is 12.4 Å². The third-order valence-corrected chi connectivity index (χ3v) is 2.90. The van der Waals surface area contributed by atoms with Crippen LogP contribution in [0.4, 0.5) is 14.5 Å². The third kappa shape index (κ3) is 3.24. The molecule has 5 nitrogen and oxygen atoms in total. The summed E-state index contributed by atoms with van der Waals surface area (Å²) in [6.07, 6.45) is -2.53. The van der Waals surface area contributed by atoms with Crippen LogP contribution in [0.1, 0.15) is 17.4 Å². The number of carbonyl (C=O) groups excluding carboxylic acids is 1. The normalized spacial score (nSPS) is 10.9. The third-order valence-electron chi connectivity index (χ3n) is 2.90. The minimum absolute atomic E-state index is 0.0568. The molecule has 0 aliphatic heterocycles. The Hall–Kier alpha value is -2.31. The number of aromatic nitrogens is 2. The summed E-state index contributed by atoms with van der Waals surface area (Å²) in [5, 5.41) is 8.37. The Kier molecular flexibility index (Phi) is 4.62. The number of esters is 1. The molecular formula is C14H15F2N3O2. The molecule has 1 aromatic heterocycles. The predicted molar refractivity (Wildman–Crippen MR) is 74.8 cm³/mol. The van der Waals surface area contributed by atoms with Gasteiger partial charge in [0.25, 0.3) is 6.43 Å². The number of rotatable bonds is 5. The van der Waals surface area contributed by atoms with E-state index in [1.54, 1.807) is 31.2 Å². The van der Waals surface area contributed by atoms with E-state index >= 15 is 0 Å². The molecule has 0 N–H and O–H groups in total. The van der Waals surface area contributed by atoms with Gasteiger partial charge >= 0.3 is 5.97 Å². The number of hydrogen-bond acceptors (Lipinski definition) is 5. The van der Waals surface area contributed by atoms with E-state index in [9.17, 15) is 13.6 Å². The lowest BCUT2D eigenvalue weighted by Gasteiger charge is -2.22. The van der Waals surface area contributed by atoms with Gasteiger partial charge in [-0.15, -0.1) is 10.2 Å². The van der Waals surface area contributed by atoms with Crippen LogP contribution in [0.3, 0.4) is 0 Å². The molecule has 0 atom stereocenters. The molecule has 0 fully saturated rings. The number of ether oxygens (including phenoxy) is 1. The first-order valence-electron chi connectivity index (χ1n) is 6.46. The molecule has 2 aromatic rings. The van der Waals surface area contributed by atoms with E-state index in [1.807, 2.05) is 0 Å². The molecule has 0 bridgehead atoms. The highest BCUT2D eigenvalue weighted by Gasteiger charge is 2.22. The minimum atomic E-state index is -2.53. The lowest BCUT2D eigenvalue weighted by atomic mass is 10.1. The molecule has 1 aromatic carbocycles. The Morgan fingerprint density at radius 1 is 1.33 bits per heavy atom. The standard InChI is InChI=1S/C14H15F2N3O2/c1-3-21-14(20)12-13(19(2)8-11(15)16)9-6-4-5-7-10(9)17-18-12/h4-7,11H,3,8H2,1-2H3. The van der Waals surface area contributed by atoms with Crippen LogP contribution in [0.2, 0.25) is 0 Å². The van der Waals surface area contributed by atoms with Crippen molar-refractivity contribution in [1.29, 1.82) is 0 Å². The molecule has 112 valence electrons. The van der Waals surface area contributed by atoms with E-state index in [-0.39, 0.29) is 12.3 Å². The average molecular weight is 295 g/mol. The molecule has 0 aliphatic rings. The fraction of sp³-hybridized carbons (Fsp3) is 0.357. The summed E-state index contributed by atoms with van der Waals surface area (Å²) in [4.78, 5) is 13.3. The summed E-state index contributed by atoms with van der Waals surface area (Å²) in [7, 11) is 1.48. The number of anilines is 1. The summed E-state index contributed by atoms with van der Waals surface area (Å²) in [5.74, 6) is -0.674. The number of benzene rings is 1. The minimum Gasteiger partial charge on any atom is -0.461 e. The van der Waals surface area contributed by atoms with Gasteiger partial charge in [-0.25, -0.2) is 13.6 Å². The van der Waals surface area contributed by atoms with Crippen LogP contribution in [0.15, 0.2) is 24.3 Å². The predicted octanol–water partition coefficient (Wildman–Crippen LogP) is 2.51. The van der Waals surface area contributed by atoms with Crippen molar-refractivity contribution in [3.8, 4) is 0 Å². The molecule has 0 radical (unpaired) electrons. The van der Waals surface area contributed by atoms with Crippen LogP contribution in [0.5, 0.6) is 0 Å². The largest absolute Gasteiger partial charge is 0.461 e. The molecule has 21 heavy (non-hydrogen) atoms. The van der Waals surface area contributed by atoms with E-state index in [2.05, 4.69) is 10.2 Å². The Bertz CT molecular complexity index is 649. The van der Waals surface area contributed by atoms with Crippen LogP contribution in [-0.2, 0) is 4.74 Å². The highest BCUT2D eigenvalue weighted by molar-refractivity contribution is 6.03. The van der Waals surface area contributed by atoms with E-state index in [0.717, 1.165) is 0 Å². The Morgan fingerprint density at radius 3 is 2.71 bits per heavy atom. The first-order chi connectivity index (χ1) is 10.0. The SMILES string of the molecule is CCOC(=O)c1nnc2ccccc2c1N(C)CC(F)F. The van der Waals surface area contributed by atoms with Gasteiger partial charge in [0.2, 0.25) is 0 Å². The van der Waals surface area contributed by atoms with Crippen LogP contribution in [0, 0.1) is 0 Å². The number of fused-ring (bicyclic) bond motifs is 1. The molecule has 2 rings (SSSR count).